The van der Waals surface area contributed by atoms with Gasteiger partial charge in [-0.05, 0) is 29.8 Å². The Balaban J connectivity index is 2.10. The number of hydrogen-bond acceptors (Lipinski definition) is 5. The zero-order chi connectivity index (χ0) is 13.0. The molecule has 0 spiro atoms. The molecule has 0 bridgehead atoms. The van der Waals surface area contributed by atoms with Crippen molar-refractivity contribution >= 4 is 17.7 Å². The Bertz CT molecular complexity index is 540. The molecule has 2 aromatic rings. The van der Waals surface area contributed by atoms with Crippen LogP contribution in [0.15, 0.2) is 46.3 Å². The van der Waals surface area contributed by atoms with Crippen molar-refractivity contribution in [3.05, 3.63) is 47.7 Å². The van der Waals surface area contributed by atoms with Crippen molar-refractivity contribution < 1.29 is 9.90 Å². The van der Waals surface area contributed by atoms with E-state index in [-0.39, 0.29) is 12.3 Å². The lowest BCUT2D eigenvalue weighted by molar-refractivity contribution is 0.0994. The predicted octanol–water partition coefficient (Wildman–Crippen LogP) is 1.22. The van der Waals surface area contributed by atoms with Gasteiger partial charge in [-0.25, -0.2) is 0 Å². The number of carbonyl (C=O) groups is 1. The Hall–Kier alpha value is -1.92. The third-order valence-corrected chi connectivity index (χ3v) is 3.16. The fourth-order valence-electron chi connectivity index (χ4n) is 1.29. The van der Waals surface area contributed by atoms with Crippen LogP contribution in [0.4, 0.5) is 0 Å². The molecule has 0 unspecified atom stereocenters. The third-order valence-electron chi connectivity index (χ3n) is 2.22. The first-order valence-electron chi connectivity index (χ1n) is 5.20. The van der Waals surface area contributed by atoms with Crippen LogP contribution in [-0.4, -0.2) is 21.2 Å². The Kier molecular flexibility index (Phi) is 3.91. The largest absolute Gasteiger partial charge is 0.392 e. The first-order chi connectivity index (χ1) is 8.69. The second-order valence-corrected chi connectivity index (χ2v) is 4.62. The van der Waals surface area contributed by atoms with Crippen LogP contribution in [0.3, 0.4) is 0 Å². The van der Waals surface area contributed by atoms with Gasteiger partial charge in [0.15, 0.2) is 5.69 Å². The van der Waals surface area contributed by atoms with Crippen molar-refractivity contribution in [2.45, 2.75) is 16.5 Å². The maximum Gasteiger partial charge on any atom is 0.269 e. The van der Waals surface area contributed by atoms with Crippen molar-refractivity contribution in [3.63, 3.8) is 0 Å². The van der Waals surface area contributed by atoms with Crippen molar-refractivity contribution in [2.24, 2.45) is 5.73 Å². The van der Waals surface area contributed by atoms with E-state index in [1.807, 2.05) is 24.3 Å². The van der Waals surface area contributed by atoms with Gasteiger partial charge in [-0.2, -0.15) is 0 Å². The second kappa shape index (κ2) is 5.61. The fourth-order valence-corrected chi connectivity index (χ4v) is 2.02. The minimum Gasteiger partial charge on any atom is -0.392 e. The molecule has 5 nitrogen and oxygen atoms in total. The van der Waals surface area contributed by atoms with Crippen LogP contribution in [0.2, 0.25) is 0 Å². The Morgan fingerprint density at radius 2 is 1.89 bits per heavy atom. The van der Waals surface area contributed by atoms with Crippen LogP contribution in [0.5, 0.6) is 0 Å². The van der Waals surface area contributed by atoms with Gasteiger partial charge in [0.2, 0.25) is 0 Å². The van der Waals surface area contributed by atoms with E-state index < -0.39 is 5.91 Å². The number of carbonyl (C=O) groups excluding carboxylic acids is 1. The average molecular weight is 261 g/mol. The normalized spacial score (nSPS) is 10.3. The van der Waals surface area contributed by atoms with Crippen LogP contribution >= 0.6 is 11.8 Å². The van der Waals surface area contributed by atoms with Crippen LogP contribution in [0, 0.1) is 0 Å². The lowest BCUT2D eigenvalue weighted by Crippen LogP contribution is -2.13. The summed E-state index contributed by atoms with van der Waals surface area (Å²) < 4.78 is 0. The Labute approximate surface area is 108 Å². The number of rotatable bonds is 4. The van der Waals surface area contributed by atoms with Gasteiger partial charge < -0.3 is 10.8 Å². The summed E-state index contributed by atoms with van der Waals surface area (Å²) in [4.78, 5) is 11.8. The summed E-state index contributed by atoms with van der Waals surface area (Å²) in [6.45, 7) is 0.0259. The van der Waals surface area contributed by atoms with E-state index in [1.165, 1.54) is 11.8 Å². The smallest absolute Gasteiger partial charge is 0.269 e. The second-order valence-electron chi connectivity index (χ2n) is 3.53. The Morgan fingerprint density at radius 3 is 2.39 bits per heavy atom. The van der Waals surface area contributed by atoms with E-state index in [0.29, 0.717) is 5.03 Å². The maximum atomic E-state index is 10.8. The quantitative estimate of drug-likeness (QED) is 0.863. The van der Waals surface area contributed by atoms with E-state index in [2.05, 4.69) is 10.2 Å². The lowest BCUT2D eigenvalue weighted by atomic mass is 10.2. The van der Waals surface area contributed by atoms with Crippen molar-refractivity contribution in [1.29, 1.82) is 0 Å². The standard InChI is InChI=1S/C12H11N3O2S/c13-12(17)10-5-6-11(15-14-10)18-9-3-1-8(7-16)2-4-9/h1-6,16H,7H2,(H2,13,17). The highest BCUT2D eigenvalue weighted by molar-refractivity contribution is 7.99. The molecule has 0 aliphatic carbocycles. The fraction of sp³-hybridized carbons (Fsp3) is 0.0833. The van der Waals surface area contributed by atoms with Gasteiger partial charge in [-0.15, -0.1) is 10.2 Å². The van der Waals surface area contributed by atoms with Gasteiger partial charge in [0, 0.05) is 4.90 Å². The summed E-state index contributed by atoms with van der Waals surface area (Å²) in [5.74, 6) is -0.591. The summed E-state index contributed by atoms with van der Waals surface area (Å²) in [5, 5.41) is 17.2. The molecule has 2 rings (SSSR count). The summed E-state index contributed by atoms with van der Waals surface area (Å²) in [7, 11) is 0. The monoisotopic (exact) mass is 261 g/mol. The molecule has 18 heavy (non-hydrogen) atoms. The molecular weight excluding hydrogens is 250 g/mol. The molecule has 0 aliphatic rings. The molecule has 1 amide bonds. The number of amides is 1. The molecule has 0 saturated carbocycles. The Morgan fingerprint density at radius 1 is 1.17 bits per heavy atom. The van der Waals surface area contributed by atoms with Crippen LogP contribution in [0.1, 0.15) is 16.1 Å². The van der Waals surface area contributed by atoms with Gasteiger partial charge in [-0.1, -0.05) is 23.9 Å². The molecule has 0 radical (unpaired) electrons. The zero-order valence-electron chi connectivity index (χ0n) is 9.41. The van der Waals surface area contributed by atoms with Crippen LogP contribution < -0.4 is 5.73 Å². The highest BCUT2D eigenvalue weighted by atomic mass is 32.2. The molecule has 92 valence electrons. The molecular formula is C12H11N3O2S. The summed E-state index contributed by atoms with van der Waals surface area (Å²) >= 11 is 1.42. The molecule has 6 heteroatoms. The minimum absolute atomic E-state index is 0.0259. The number of nitrogens with two attached hydrogens (primary N) is 1. The van der Waals surface area contributed by atoms with Crippen molar-refractivity contribution in [1.82, 2.24) is 10.2 Å². The molecule has 1 heterocycles. The van der Waals surface area contributed by atoms with E-state index in [1.54, 1.807) is 12.1 Å². The van der Waals surface area contributed by atoms with E-state index in [4.69, 9.17) is 10.8 Å². The molecule has 0 fully saturated rings. The topological polar surface area (TPSA) is 89.1 Å². The van der Waals surface area contributed by atoms with E-state index >= 15 is 0 Å². The number of aliphatic hydroxyl groups is 1. The number of aromatic nitrogens is 2. The zero-order valence-corrected chi connectivity index (χ0v) is 10.2. The molecule has 1 aromatic heterocycles. The predicted molar refractivity (Wildman–Crippen MR) is 67.0 cm³/mol. The molecule has 0 saturated heterocycles. The number of nitrogens with zero attached hydrogens (tertiary/aromatic N) is 2. The minimum atomic E-state index is -0.591. The number of benzene rings is 1. The van der Waals surface area contributed by atoms with Gasteiger partial charge in [0.1, 0.15) is 5.03 Å². The SMILES string of the molecule is NC(=O)c1ccc(Sc2ccc(CO)cc2)nn1. The van der Waals surface area contributed by atoms with Gasteiger partial charge in [0.05, 0.1) is 6.61 Å². The number of primary amides is 1. The van der Waals surface area contributed by atoms with Crippen molar-refractivity contribution in [2.75, 3.05) is 0 Å². The molecule has 3 N–H and O–H groups in total. The molecule has 0 aliphatic heterocycles. The van der Waals surface area contributed by atoms with Gasteiger partial charge in [-0.3, -0.25) is 4.79 Å². The molecule has 0 atom stereocenters. The van der Waals surface area contributed by atoms with Crippen LogP contribution in [-0.2, 0) is 6.61 Å². The van der Waals surface area contributed by atoms with Gasteiger partial charge >= 0.3 is 0 Å². The first kappa shape index (κ1) is 12.5. The van der Waals surface area contributed by atoms with E-state index in [9.17, 15) is 4.79 Å². The average Bonchev–Trinajstić information content (AvgIpc) is 2.40. The highest BCUT2D eigenvalue weighted by Crippen LogP contribution is 2.25. The third kappa shape index (κ3) is 3.06. The highest BCUT2D eigenvalue weighted by Gasteiger charge is 2.04. The summed E-state index contributed by atoms with van der Waals surface area (Å²) in [6, 6.07) is 10.7. The maximum absolute atomic E-state index is 10.8. The summed E-state index contributed by atoms with van der Waals surface area (Å²) in [5.41, 5.74) is 6.08. The van der Waals surface area contributed by atoms with E-state index in [0.717, 1.165) is 10.5 Å². The summed E-state index contributed by atoms with van der Waals surface area (Å²) in [6.07, 6.45) is 0. The number of aliphatic hydroxyl groups excluding tert-OH is 1. The van der Waals surface area contributed by atoms with Crippen LogP contribution in [0.25, 0.3) is 0 Å². The lowest BCUT2D eigenvalue weighted by Gasteiger charge is -2.01. The number of hydrogen-bond donors (Lipinski definition) is 2. The molecule has 1 aromatic carbocycles. The van der Waals surface area contributed by atoms with Gasteiger partial charge in [0.25, 0.3) is 5.91 Å². The van der Waals surface area contributed by atoms with Crippen molar-refractivity contribution in [3.8, 4) is 0 Å². The first-order valence-corrected chi connectivity index (χ1v) is 6.02.